The Kier molecular flexibility index (Phi) is 38.9. The van der Waals surface area contributed by atoms with Crippen molar-refractivity contribution in [2.45, 2.75) is 289 Å². The number of esters is 10. The summed E-state index contributed by atoms with van der Waals surface area (Å²) >= 11 is 0. The van der Waals surface area contributed by atoms with Crippen molar-refractivity contribution in [1.82, 2.24) is 0 Å². The lowest BCUT2D eigenvalue weighted by molar-refractivity contribution is -0.290. The number of rotatable bonds is 45. The molecule has 0 bridgehead atoms. The molecule has 2 heterocycles. The van der Waals surface area contributed by atoms with Crippen LogP contribution in [0.2, 0.25) is 0 Å². The quantitative estimate of drug-likeness (QED) is 0.0225. The number of hydrogen-bond donors (Lipinski definition) is 0. The number of carbonyl (C=O) groups is 10. The van der Waals surface area contributed by atoms with Gasteiger partial charge in [0, 0.05) is 62.5 Å². The molecule has 0 N–H and O–H groups in total. The lowest BCUT2D eigenvalue weighted by Crippen LogP contribution is -2.64. The molecule has 4 aromatic rings. The highest BCUT2D eigenvalue weighted by Gasteiger charge is 2.56. The molecule has 0 saturated carbocycles. The third kappa shape index (κ3) is 32.4. The molecule has 2 aliphatic rings. The van der Waals surface area contributed by atoms with Gasteiger partial charge in [-0.3, -0.25) is 47.9 Å². The molecule has 0 aliphatic carbocycles. The minimum Gasteiger partial charge on any atom is -0.466 e. The predicted octanol–water partition coefficient (Wildman–Crippen LogP) is 15.7. The van der Waals surface area contributed by atoms with Gasteiger partial charge in [-0.2, -0.15) is 0 Å². The van der Waals surface area contributed by atoms with Gasteiger partial charge in [-0.25, -0.2) is 0 Å². The van der Waals surface area contributed by atoms with E-state index in [0.29, 0.717) is 46.2 Å². The summed E-state index contributed by atoms with van der Waals surface area (Å²) in [5.41, 5.74) is 5.61. The Morgan fingerprint density at radius 1 is 0.307 bits per heavy atom. The maximum absolute atomic E-state index is 14.0. The number of ether oxygens (including phenoxy) is 14. The molecule has 2 saturated heterocycles. The Balaban J connectivity index is 1.37. The van der Waals surface area contributed by atoms with Crippen molar-refractivity contribution in [2.24, 2.45) is 47.3 Å². The van der Waals surface area contributed by atoms with E-state index in [1.165, 1.54) is 0 Å². The highest BCUT2D eigenvalue weighted by atomic mass is 16.8. The fraction of sp³-hybridized carbons (Fsp3) is 0.622. The zero-order valence-electron chi connectivity index (χ0n) is 70.4. The summed E-state index contributed by atoms with van der Waals surface area (Å²) < 4.78 is 87.0. The summed E-state index contributed by atoms with van der Waals surface area (Å²) in [6.07, 6.45) is -10.4. The zero-order valence-corrected chi connectivity index (χ0v) is 70.4. The number of hydrogen-bond acceptors (Lipinski definition) is 24. The lowest BCUT2D eigenvalue weighted by Gasteiger charge is -2.44. The third-order valence-corrected chi connectivity index (χ3v) is 18.2. The molecule has 114 heavy (non-hydrogen) atoms. The van der Waals surface area contributed by atoms with Gasteiger partial charge < -0.3 is 66.3 Å². The van der Waals surface area contributed by atoms with Crippen molar-refractivity contribution < 1.29 is 114 Å². The Morgan fingerprint density at radius 3 is 0.895 bits per heavy atom. The molecule has 2 aliphatic heterocycles. The molecule has 24 heteroatoms. The Hall–Kier alpha value is -8.90. The highest BCUT2D eigenvalue weighted by Crippen LogP contribution is 2.41. The van der Waals surface area contributed by atoms with Crippen molar-refractivity contribution in [2.75, 3.05) is 26.4 Å². The van der Waals surface area contributed by atoms with Crippen LogP contribution in [-0.2, 0) is 130 Å². The van der Waals surface area contributed by atoms with Crippen LogP contribution in [0.25, 0.3) is 22.3 Å². The van der Waals surface area contributed by atoms with E-state index in [2.05, 4.69) is 0 Å². The first-order valence-corrected chi connectivity index (χ1v) is 40.9. The number of aryl methyl sites for hydroxylation is 2. The Morgan fingerprint density at radius 2 is 0.596 bits per heavy atom. The number of benzene rings is 4. The van der Waals surface area contributed by atoms with Gasteiger partial charge in [0.05, 0.1) is 26.1 Å². The van der Waals surface area contributed by atoms with E-state index in [9.17, 15) is 47.9 Å². The summed E-state index contributed by atoms with van der Waals surface area (Å²) in [5, 5.41) is 0. The predicted molar refractivity (Wildman–Crippen MR) is 426 cm³/mol. The second-order valence-corrected chi connectivity index (χ2v) is 33.1. The van der Waals surface area contributed by atoms with Gasteiger partial charge in [-0.05, 0) is 145 Å². The van der Waals surface area contributed by atoms with Gasteiger partial charge >= 0.3 is 59.7 Å². The van der Waals surface area contributed by atoms with Gasteiger partial charge in [0.1, 0.15) is 36.9 Å². The molecule has 10 atom stereocenters. The van der Waals surface area contributed by atoms with E-state index < -0.39 is 134 Å². The van der Waals surface area contributed by atoms with Crippen molar-refractivity contribution in [3.63, 3.8) is 0 Å². The molecule has 0 aromatic heterocycles. The average molecular weight is 1590 g/mol. The summed E-state index contributed by atoms with van der Waals surface area (Å²) in [6.45, 7) is 32.5. The van der Waals surface area contributed by atoms with Crippen LogP contribution in [0.5, 0.6) is 11.5 Å². The highest BCUT2D eigenvalue weighted by molar-refractivity contribution is 5.79. The van der Waals surface area contributed by atoms with Crippen molar-refractivity contribution in [3.05, 3.63) is 107 Å². The fourth-order valence-electron chi connectivity index (χ4n) is 13.2. The first-order chi connectivity index (χ1) is 54.1. The van der Waals surface area contributed by atoms with Crippen LogP contribution in [0.1, 0.15) is 224 Å². The van der Waals surface area contributed by atoms with Crippen molar-refractivity contribution in [1.29, 1.82) is 0 Å². The minimum absolute atomic E-state index is 0.0193. The summed E-state index contributed by atoms with van der Waals surface area (Å²) in [5.74, 6) is -6.40. The topological polar surface area (TPSA) is 300 Å². The van der Waals surface area contributed by atoms with Gasteiger partial charge in [0.25, 0.3) is 0 Å². The Labute approximate surface area is 674 Å². The molecule has 0 amide bonds. The average Bonchev–Trinajstić information content (AvgIpc) is 0.777. The number of unbranched alkanes of at least 4 members (excludes halogenated alkanes) is 3. The smallest absolute Gasteiger partial charge is 0.310 e. The van der Waals surface area contributed by atoms with Crippen LogP contribution >= 0.6 is 0 Å². The standard InChI is InChI=1S/C90H126O24/c1-19-101-75(93)49-63-29-25-31-65(45-63)67-47-61(33-35-69(67)105-89-87(113-81(99)43-59(15)16)85(111-79(97)41-57(11)12)83(109-77(95)39-55(7)8)71(107-89)51-103-73(91)37-53(3)4)27-23-21-22-24-28-62-34-36-70(68(48-62)66-32-26-30-64(46-66)50-76(94)102-20-2)106-90-88(114-82(100)44-60(17)18)86(112-80(98)42-58(13)14)84(110-78(96)40-56(9)10)72(108-90)52-104-74(92)38-54(5)6/h25-26,29-36,45-48,53-60,71-72,83-90H,19-24,27-28,37-44,49-52H2,1-18H3/t71-,72-,83-,84-,85+,86+,87+,88+,89+,90+/m1/s1. The van der Waals surface area contributed by atoms with Crippen LogP contribution in [0.3, 0.4) is 0 Å². The van der Waals surface area contributed by atoms with E-state index in [-0.39, 0.29) is 136 Å². The van der Waals surface area contributed by atoms with Crippen molar-refractivity contribution >= 4 is 59.7 Å². The first-order valence-electron chi connectivity index (χ1n) is 40.9. The molecular formula is C90H126O24. The largest absolute Gasteiger partial charge is 0.466 e. The summed E-state index contributed by atoms with van der Waals surface area (Å²) in [4.78, 5) is 136. The van der Waals surface area contributed by atoms with E-state index in [1.807, 2.05) is 184 Å². The van der Waals surface area contributed by atoms with Crippen LogP contribution in [0, 0.1) is 47.3 Å². The van der Waals surface area contributed by atoms with E-state index in [4.69, 9.17) is 66.3 Å². The van der Waals surface area contributed by atoms with Crippen LogP contribution < -0.4 is 9.47 Å². The monoisotopic (exact) mass is 1590 g/mol. The fourth-order valence-corrected chi connectivity index (χ4v) is 13.2. The zero-order chi connectivity index (χ0) is 83.9. The maximum Gasteiger partial charge on any atom is 0.310 e. The maximum atomic E-state index is 14.0. The molecule has 0 radical (unpaired) electrons. The second kappa shape index (κ2) is 47.2. The second-order valence-electron chi connectivity index (χ2n) is 33.1. The molecule has 0 spiro atoms. The van der Waals surface area contributed by atoms with Crippen molar-refractivity contribution in [3.8, 4) is 33.8 Å². The van der Waals surface area contributed by atoms with Gasteiger partial charge in [-0.15, -0.1) is 0 Å². The summed E-state index contributed by atoms with van der Waals surface area (Å²) in [7, 11) is 0. The summed E-state index contributed by atoms with van der Waals surface area (Å²) in [6, 6.07) is 26.1. The normalized spacial score (nSPS) is 19.5. The molecule has 6 rings (SSSR count). The first kappa shape index (κ1) is 94.0. The van der Waals surface area contributed by atoms with Crippen LogP contribution in [0.15, 0.2) is 84.9 Å². The molecular weight excluding hydrogens is 1460 g/mol. The third-order valence-electron chi connectivity index (χ3n) is 18.2. The minimum atomic E-state index is -1.56. The molecule has 2 fully saturated rings. The lowest BCUT2D eigenvalue weighted by atomic mass is 9.95. The molecule has 0 unspecified atom stereocenters. The molecule has 630 valence electrons. The van der Waals surface area contributed by atoms with E-state index >= 15 is 0 Å². The Bertz CT molecular complexity index is 3530. The SMILES string of the molecule is CCOC(=O)Cc1cccc(-c2cc(CCCCCCc3ccc(O[C@H]4O[C@H](COC(=O)CC(C)C)[C@@H](OC(=O)CC(C)C)[C@H](OC(=O)CC(C)C)[C@@H]4OC(=O)CC(C)C)c(-c4cccc(CC(=O)OCC)c4)c3)ccc2O[C@H]2O[C@H](COC(=O)CC(C)C)[C@@H](OC(=O)CC(C)C)[C@H](OC(=O)CC(C)C)[C@@H]2OC(=O)CC(C)C)c1. The van der Waals surface area contributed by atoms with E-state index in [0.717, 1.165) is 36.8 Å². The van der Waals surface area contributed by atoms with Gasteiger partial charge in [0.15, 0.2) is 24.4 Å². The van der Waals surface area contributed by atoms with Crippen LogP contribution in [-0.4, -0.2) is 148 Å². The molecule has 4 aromatic carbocycles. The van der Waals surface area contributed by atoms with Crippen LogP contribution in [0.4, 0.5) is 0 Å². The van der Waals surface area contributed by atoms with Gasteiger partial charge in [0.2, 0.25) is 24.8 Å². The van der Waals surface area contributed by atoms with E-state index in [1.54, 1.807) is 26.0 Å². The molecule has 24 nitrogen and oxygen atoms in total. The van der Waals surface area contributed by atoms with Gasteiger partial charge in [-0.1, -0.05) is 184 Å². The number of carbonyl (C=O) groups excluding carboxylic acids is 10.